The second kappa shape index (κ2) is 52.5. The zero-order valence-electron chi connectivity index (χ0n) is 82.0. The van der Waals surface area contributed by atoms with Gasteiger partial charge >= 0.3 is 5.97 Å². The van der Waals surface area contributed by atoms with Crippen molar-refractivity contribution in [3.63, 3.8) is 0 Å². The van der Waals surface area contributed by atoms with Gasteiger partial charge in [0.1, 0.15) is 77.4 Å². The topological polar surface area (TPSA) is 521 Å². The van der Waals surface area contributed by atoms with Crippen molar-refractivity contribution in [3.8, 4) is 23.0 Å². The van der Waals surface area contributed by atoms with Gasteiger partial charge in [-0.3, -0.25) is 39.9 Å². The number of para-hydroxylation sites is 4. The molecule has 0 unspecified atom stereocenters. The number of rotatable bonds is 44. The lowest BCUT2D eigenvalue weighted by Crippen LogP contribution is -2.24. The van der Waals surface area contributed by atoms with Crippen molar-refractivity contribution < 1.29 is 71.5 Å². The number of methoxy groups -OCH3 is 4. The summed E-state index contributed by atoms with van der Waals surface area (Å²) in [5, 5.41) is 74.9. The maximum absolute atomic E-state index is 12.8. The third-order valence-electron chi connectivity index (χ3n) is 21.5. The zero-order chi connectivity index (χ0) is 106. The van der Waals surface area contributed by atoms with E-state index in [-0.39, 0.29) is 128 Å². The summed E-state index contributed by atoms with van der Waals surface area (Å²) in [6, 6.07) is 41.1. The number of anilines is 17. The SMILES string of the molecule is C=CC(=O)Nc1cc(Nc2ncc(Cl)c(Nc3ccccc3P(C)(C)=O)n2)c(OC)cc1CCCN(CC)CC.CCCCc1cc(OC)c(Nc2ncc(Cl)c(Nc3ccccc3P(C)(C)=O)n2)cc1[N+](=O)[O-].COc1cc(CCC(=O)O)c([N+](=O)[O-])cc1Nc1ncc(Cl)c(Nc2ccccc2P(C)(C)=O)n1.COc1cc(CCC(C)=O)c([N+](=O)[O-])cc1Nc1ncc(Cl)c(Nc2ccccc2P(C)(C)=O)n1. The van der Waals surface area contributed by atoms with Gasteiger partial charge in [0.25, 0.3) is 17.1 Å². The molecule has 10 N–H and O–H groups in total. The predicted octanol–water partition coefficient (Wildman–Crippen LogP) is 22.5. The molecule has 12 aromatic rings. The van der Waals surface area contributed by atoms with Crippen LogP contribution in [0.15, 0.2) is 183 Å². The molecule has 39 nitrogen and oxygen atoms in total. The number of carbonyl (C=O) groups excluding carboxylic acids is 2. The molecule has 0 aliphatic rings. The lowest BCUT2D eigenvalue weighted by atomic mass is 10.0. The van der Waals surface area contributed by atoms with Gasteiger partial charge in [0.2, 0.25) is 29.7 Å². The number of ketones is 1. The maximum Gasteiger partial charge on any atom is 0.303 e. The molecule has 0 spiro atoms. The maximum atomic E-state index is 12.8. The van der Waals surface area contributed by atoms with E-state index in [0.717, 1.165) is 50.9 Å². The van der Waals surface area contributed by atoms with E-state index in [1.807, 2.05) is 49.4 Å². The van der Waals surface area contributed by atoms with Crippen molar-refractivity contribution in [2.24, 2.45) is 0 Å². The molecule has 0 saturated heterocycles. The van der Waals surface area contributed by atoms with Crippen LogP contribution in [0.5, 0.6) is 23.0 Å². The fourth-order valence-electron chi connectivity index (χ4n) is 14.3. The van der Waals surface area contributed by atoms with Crippen LogP contribution in [0.1, 0.15) is 82.1 Å². The van der Waals surface area contributed by atoms with Crippen LogP contribution < -0.4 is 88.0 Å². The molecule has 8 aromatic carbocycles. The molecular weight excluding hydrogens is 2010 g/mol. The number of nitrogens with zero attached hydrogens (tertiary/aromatic N) is 12. The van der Waals surface area contributed by atoms with Crippen LogP contribution in [0.25, 0.3) is 0 Å². The van der Waals surface area contributed by atoms with E-state index in [2.05, 4.69) is 113 Å². The number of Topliss-reactive ketones (excluding diaryl/α,β-unsaturated/α-hetero) is 1. The molecule has 0 saturated carbocycles. The van der Waals surface area contributed by atoms with E-state index in [1.165, 1.54) is 89.4 Å². The highest BCUT2D eigenvalue weighted by atomic mass is 35.5. The minimum atomic E-state index is -2.60. The molecule has 0 atom stereocenters. The zero-order valence-corrected chi connectivity index (χ0v) is 88.6. The third kappa shape index (κ3) is 32.6. The third-order valence-corrected chi connectivity index (χ3v) is 28.8. The lowest BCUT2D eigenvalue weighted by molar-refractivity contribution is -0.385. The first kappa shape index (κ1) is 114. The van der Waals surface area contributed by atoms with Gasteiger partial charge in [-0.15, -0.1) is 0 Å². The van der Waals surface area contributed by atoms with Gasteiger partial charge in [-0.1, -0.05) is 129 Å². The molecule has 144 heavy (non-hydrogen) atoms. The Morgan fingerprint density at radius 3 is 0.944 bits per heavy atom. The average Bonchev–Trinajstić information content (AvgIpc) is 0.748. The quantitative estimate of drug-likeness (QED) is 0.00734. The van der Waals surface area contributed by atoms with E-state index in [0.29, 0.717) is 112 Å². The van der Waals surface area contributed by atoms with Crippen LogP contribution in [0.2, 0.25) is 20.1 Å². The van der Waals surface area contributed by atoms with Gasteiger partial charge in [-0.2, -0.15) is 19.9 Å². The molecule has 4 aromatic heterocycles. The van der Waals surface area contributed by atoms with Gasteiger partial charge in [-0.25, -0.2) is 19.9 Å². The molecule has 762 valence electrons. The standard InChI is InChI=1S/C29H38ClN6O3P.C23H25ClN5O5P.C23H27ClN5O4P.C22H23ClN5O6P/c1-7-27(37)32-23-18-24(25(39-4)17-20(23)13-12-16-36(8-2)9-3)34-29-31-19-21(30)28(35-29)33-22-14-10-11-15-26(22)40(5,6)38;1-14(30)9-10-15-11-20(34-2)18(12-19(15)29(31)32)27-23-25-13-16(24)22(28-23)26-17-7-5-6-8-21(17)35(3,4)33;1-5-6-9-15-12-20(33-2)18(13-19(15)29(30)31)27-23-25-14-16(24)22(28-23)26-17-10-7-8-11-21(17)34(3,4)32;1-34-18-10-13(8-9-20(29)30)17(28(31)32)11-16(18)26-22-24-12-14(23)21(27-22)25-15-6-4-5-7-19(15)35(2,3)33/h7,10-11,14-15,17-19H,1,8-9,12-13,16H2,2-6H3,(H,32,37)(H2,31,33,34,35);5-8,11-13H,9-10H2,1-4H3,(H2,25,26,27,28);7-8,10-14H,5-6,9H2,1-4H3,(H2,25,26,27,28);4-7,10-12H,8-9H2,1-3H3,(H,29,30)(H2,24,25,26,27). The van der Waals surface area contributed by atoms with Crippen LogP contribution in [-0.2, 0) is 58.3 Å². The van der Waals surface area contributed by atoms with Crippen molar-refractivity contribution in [1.29, 1.82) is 0 Å². The molecule has 0 radical (unpaired) electrons. The Hall–Kier alpha value is -13.7. The predicted molar refractivity (Wildman–Crippen MR) is 577 cm³/mol. The Bertz CT molecular complexity index is 6710. The van der Waals surface area contributed by atoms with Crippen LogP contribution in [0, 0.1) is 30.3 Å². The number of halogens is 4. The Labute approximate surface area is 853 Å². The average molecular weight is 2130 g/mol. The lowest BCUT2D eigenvalue weighted by Gasteiger charge is -2.20. The number of carboxylic acid groups (broad SMARTS) is 1. The Kier molecular flexibility index (Phi) is 41.5. The minimum Gasteiger partial charge on any atom is -0.495 e. The second-order valence-corrected chi connectivity index (χ2v) is 47.9. The number of nitrogens with one attached hydrogen (secondary N) is 9. The molecule has 47 heteroatoms. The summed E-state index contributed by atoms with van der Waals surface area (Å²) >= 11 is 25.3. The molecule has 0 fully saturated rings. The van der Waals surface area contributed by atoms with Crippen molar-refractivity contribution in [1.82, 2.24) is 44.8 Å². The largest absolute Gasteiger partial charge is 0.495 e. The van der Waals surface area contributed by atoms with Crippen LogP contribution >= 0.6 is 75.0 Å². The number of aliphatic carboxylic acids is 1. The Morgan fingerprint density at radius 1 is 0.403 bits per heavy atom. The smallest absolute Gasteiger partial charge is 0.303 e. The monoisotopic (exact) mass is 2120 g/mol. The van der Waals surface area contributed by atoms with E-state index in [1.54, 1.807) is 133 Å². The molecule has 12 rings (SSSR count). The van der Waals surface area contributed by atoms with Crippen molar-refractivity contribution in [2.75, 3.05) is 149 Å². The second-order valence-electron chi connectivity index (χ2n) is 33.6. The molecular formula is C97H113Cl4N21O18P4. The van der Waals surface area contributed by atoms with Crippen LogP contribution in [-0.4, -0.2) is 184 Å². The van der Waals surface area contributed by atoms with Crippen LogP contribution in [0.3, 0.4) is 0 Å². The van der Waals surface area contributed by atoms with Crippen molar-refractivity contribution in [3.05, 3.63) is 256 Å². The summed E-state index contributed by atoms with van der Waals surface area (Å²) in [6.45, 7) is 27.7. The van der Waals surface area contributed by atoms with Crippen LogP contribution in [0.4, 0.5) is 115 Å². The fraction of sp³-hybridized carbons (Fsp3) is 0.289. The van der Waals surface area contributed by atoms with E-state index in [9.17, 15) is 63.0 Å². The molecule has 0 aliphatic carbocycles. The molecule has 1 amide bonds. The number of hydrogen-bond acceptors (Lipinski definition) is 34. The summed E-state index contributed by atoms with van der Waals surface area (Å²) in [6.07, 6.45) is 10.9. The Morgan fingerprint density at radius 2 is 0.681 bits per heavy atom. The number of benzene rings is 8. The number of carbonyl (C=O) groups is 3. The number of ether oxygens (including phenoxy) is 4. The van der Waals surface area contributed by atoms with E-state index in [4.69, 9.17) is 70.5 Å². The first-order valence-electron chi connectivity index (χ1n) is 44.7. The number of aryl methyl sites for hydroxylation is 4. The summed E-state index contributed by atoms with van der Waals surface area (Å²) in [7, 11) is -4.40. The van der Waals surface area contributed by atoms with Gasteiger partial charge in [0.05, 0.1) is 113 Å². The number of hydrogen-bond donors (Lipinski definition) is 10. The molecule has 4 heterocycles. The molecule has 0 bridgehead atoms. The van der Waals surface area contributed by atoms with Gasteiger partial charge < -0.3 is 99.9 Å². The number of amides is 1. The fourth-order valence-corrected chi connectivity index (χ4v) is 19.5. The van der Waals surface area contributed by atoms with E-state index >= 15 is 0 Å². The summed E-state index contributed by atoms with van der Waals surface area (Å²) in [5.41, 5.74) is 6.22. The first-order valence-corrected chi connectivity index (χ1v) is 56.6. The normalized spacial score (nSPS) is 11.2. The number of aromatic nitrogens is 8. The minimum absolute atomic E-state index is 0.000339. The van der Waals surface area contributed by atoms with Gasteiger partial charge in [-0.05, 0) is 209 Å². The highest BCUT2D eigenvalue weighted by molar-refractivity contribution is 7.71. The summed E-state index contributed by atoms with van der Waals surface area (Å²) < 4.78 is 72.7. The number of unbranched alkanes of at least 4 members (excludes halogenated alkanes) is 1. The first-order chi connectivity index (χ1) is 68.2. The Balaban J connectivity index is 0.000000214. The number of carboxylic acids is 1. The highest BCUT2D eigenvalue weighted by Gasteiger charge is 2.29. The van der Waals surface area contributed by atoms with Gasteiger partial charge in [0, 0.05) is 74.6 Å². The van der Waals surface area contributed by atoms with Gasteiger partial charge in [0.15, 0.2) is 23.3 Å². The van der Waals surface area contributed by atoms with Crippen molar-refractivity contribution in [2.45, 2.75) is 85.5 Å². The summed E-state index contributed by atoms with van der Waals surface area (Å²) in [4.78, 5) is 105. The highest BCUT2D eigenvalue weighted by Crippen LogP contribution is 2.46. The number of nitro groups is 3. The van der Waals surface area contributed by atoms with E-state index < -0.39 is 49.3 Å². The summed E-state index contributed by atoms with van der Waals surface area (Å²) in [5.74, 6) is 1.87. The number of nitro benzene ring substituents is 3. The molecule has 0 aliphatic heterocycles. The van der Waals surface area contributed by atoms with Crippen molar-refractivity contribution >= 4 is 229 Å².